The van der Waals surface area contributed by atoms with Gasteiger partial charge in [-0.25, -0.2) is 4.79 Å². The molecule has 0 aliphatic heterocycles. The van der Waals surface area contributed by atoms with Gasteiger partial charge in [-0.1, -0.05) is 48.6 Å². The van der Waals surface area contributed by atoms with E-state index in [1.807, 2.05) is 0 Å². The van der Waals surface area contributed by atoms with Gasteiger partial charge in [-0.3, -0.25) is 0 Å². The molecule has 2 rings (SSSR count). The van der Waals surface area contributed by atoms with Crippen molar-refractivity contribution in [3.05, 3.63) is 21.8 Å². The van der Waals surface area contributed by atoms with Crippen LogP contribution in [0, 0.1) is 23.2 Å². The normalized spacial score (nSPS) is 33.8. The van der Waals surface area contributed by atoms with Gasteiger partial charge in [0.2, 0.25) is 0 Å². The molecule has 136 valence electrons. The van der Waals surface area contributed by atoms with Crippen molar-refractivity contribution in [2.45, 2.75) is 64.9 Å². The molecule has 0 heterocycles. The second-order valence-corrected chi connectivity index (χ2v) is 8.57. The number of hydrogen-bond donors (Lipinski definition) is 1. The molecule has 1 unspecified atom stereocenters. The standard InChI is InChI=1S/C20H31IO3/c1-13(10-16(22)11-14(2)19(23)24-4)17-7-8-18-15(12-21)6-5-9-20(17,18)3/h12-13,16-18,22H,2,5-11H2,1,3-4H3/b15-12+/t13-,16+,17-,18?,20-/m1/s1. The molecule has 4 heteroatoms. The SMILES string of the molecule is C=C(C[C@@H](O)C[C@@H](C)[C@H]1CCC2/C(=C/I)CCC[C@@]21C)C(=O)OC. The molecule has 2 aliphatic rings. The highest BCUT2D eigenvalue weighted by molar-refractivity contribution is 14.1. The molecule has 0 spiro atoms. The molecule has 0 aromatic heterocycles. The molecule has 3 nitrogen and oxygen atoms in total. The minimum Gasteiger partial charge on any atom is -0.466 e. The lowest BCUT2D eigenvalue weighted by Crippen LogP contribution is -2.36. The Balaban J connectivity index is 1.98. The lowest BCUT2D eigenvalue weighted by molar-refractivity contribution is -0.136. The average molecular weight is 446 g/mol. The highest BCUT2D eigenvalue weighted by atomic mass is 127. The molecule has 0 radical (unpaired) electrons. The summed E-state index contributed by atoms with van der Waals surface area (Å²) in [6.45, 7) is 8.46. The van der Waals surface area contributed by atoms with E-state index in [9.17, 15) is 9.90 Å². The van der Waals surface area contributed by atoms with Gasteiger partial charge in [0.15, 0.2) is 0 Å². The number of allylic oxidation sites excluding steroid dienone is 1. The summed E-state index contributed by atoms with van der Waals surface area (Å²) in [5.74, 6) is 1.40. The molecule has 0 bridgehead atoms. The second-order valence-electron chi connectivity index (χ2n) is 7.95. The first-order chi connectivity index (χ1) is 11.3. The lowest BCUT2D eigenvalue weighted by Gasteiger charge is -2.44. The summed E-state index contributed by atoms with van der Waals surface area (Å²) in [5.41, 5.74) is 2.37. The van der Waals surface area contributed by atoms with Crippen molar-refractivity contribution >= 4 is 28.6 Å². The van der Waals surface area contributed by atoms with Crippen LogP contribution in [-0.4, -0.2) is 24.3 Å². The van der Waals surface area contributed by atoms with E-state index in [2.05, 4.69) is 51.8 Å². The third-order valence-electron chi connectivity index (χ3n) is 6.46. The van der Waals surface area contributed by atoms with Crippen LogP contribution < -0.4 is 0 Å². The summed E-state index contributed by atoms with van der Waals surface area (Å²) in [5, 5.41) is 10.4. The van der Waals surface area contributed by atoms with E-state index >= 15 is 0 Å². The minimum absolute atomic E-state index is 0.308. The zero-order chi connectivity index (χ0) is 17.9. The summed E-state index contributed by atoms with van der Waals surface area (Å²) in [4.78, 5) is 11.5. The van der Waals surface area contributed by atoms with E-state index in [0.29, 0.717) is 29.2 Å². The Morgan fingerprint density at radius 1 is 1.54 bits per heavy atom. The van der Waals surface area contributed by atoms with Gasteiger partial charge in [0.1, 0.15) is 0 Å². The number of fused-ring (bicyclic) bond motifs is 1. The number of esters is 1. The maximum absolute atomic E-state index is 11.5. The largest absolute Gasteiger partial charge is 0.466 e. The van der Waals surface area contributed by atoms with Gasteiger partial charge in [0, 0.05) is 12.0 Å². The van der Waals surface area contributed by atoms with Crippen LogP contribution in [0.3, 0.4) is 0 Å². The van der Waals surface area contributed by atoms with Gasteiger partial charge in [-0.15, -0.1) is 0 Å². The van der Waals surface area contributed by atoms with Crippen molar-refractivity contribution in [3.8, 4) is 0 Å². The molecule has 5 atom stereocenters. The fourth-order valence-corrected chi connectivity index (χ4v) is 6.08. The number of aliphatic hydroxyl groups excluding tert-OH is 1. The first-order valence-corrected chi connectivity index (χ1v) is 10.3. The fraction of sp³-hybridized carbons (Fsp3) is 0.750. The van der Waals surface area contributed by atoms with Crippen molar-refractivity contribution in [1.29, 1.82) is 0 Å². The van der Waals surface area contributed by atoms with Gasteiger partial charge in [0.25, 0.3) is 0 Å². The number of carbonyl (C=O) groups excluding carboxylic acids is 1. The minimum atomic E-state index is -0.516. The maximum atomic E-state index is 11.5. The van der Waals surface area contributed by atoms with Crippen LogP contribution in [0.15, 0.2) is 21.8 Å². The predicted octanol–water partition coefficient (Wildman–Crippen LogP) is 5.03. The van der Waals surface area contributed by atoms with Gasteiger partial charge < -0.3 is 9.84 Å². The molecule has 0 aromatic carbocycles. The first kappa shape index (κ1) is 20.0. The molecule has 0 aromatic rings. The van der Waals surface area contributed by atoms with Crippen LogP contribution in [0.4, 0.5) is 0 Å². The zero-order valence-electron chi connectivity index (χ0n) is 15.2. The second kappa shape index (κ2) is 8.35. The van der Waals surface area contributed by atoms with Crippen molar-refractivity contribution in [2.24, 2.45) is 23.2 Å². The van der Waals surface area contributed by atoms with Gasteiger partial charge in [-0.2, -0.15) is 0 Å². The summed E-state index contributed by atoms with van der Waals surface area (Å²) in [7, 11) is 1.35. The molecule has 1 N–H and O–H groups in total. The van der Waals surface area contributed by atoms with Crippen LogP contribution in [0.2, 0.25) is 0 Å². The van der Waals surface area contributed by atoms with Crippen LogP contribution >= 0.6 is 22.6 Å². The molecule has 2 aliphatic carbocycles. The quantitative estimate of drug-likeness (QED) is 0.354. The smallest absolute Gasteiger partial charge is 0.333 e. The van der Waals surface area contributed by atoms with Crippen LogP contribution in [0.1, 0.15) is 58.8 Å². The molecule has 2 saturated carbocycles. The highest BCUT2D eigenvalue weighted by Gasteiger charge is 2.50. The number of ether oxygens (including phenoxy) is 1. The lowest BCUT2D eigenvalue weighted by atomic mass is 9.61. The molecule has 0 saturated heterocycles. The molecule has 24 heavy (non-hydrogen) atoms. The third kappa shape index (κ3) is 4.06. The van der Waals surface area contributed by atoms with Crippen molar-refractivity contribution in [2.75, 3.05) is 7.11 Å². The van der Waals surface area contributed by atoms with Crippen LogP contribution in [0.5, 0.6) is 0 Å². The van der Waals surface area contributed by atoms with E-state index in [1.54, 1.807) is 5.57 Å². The van der Waals surface area contributed by atoms with E-state index in [0.717, 1.165) is 12.3 Å². The zero-order valence-corrected chi connectivity index (χ0v) is 17.3. The number of methoxy groups -OCH3 is 1. The van der Waals surface area contributed by atoms with Crippen molar-refractivity contribution in [1.82, 2.24) is 0 Å². The van der Waals surface area contributed by atoms with Gasteiger partial charge >= 0.3 is 5.97 Å². The number of halogens is 1. The number of aliphatic hydroxyl groups is 1. The number of carbonyl (C=O) groups is 1. The Bertz CT molecular complexity index is 513. The number of rotatable bonds is 6. The van der Waals surface area contributed by atoms with Crippen molar-refractivity contribution < 1.29 is 14.6 Å². The topological polar surface area (TPSA) is 46.5 Å². The Hall–Kier alpha value is -0.360. The van der Waals surface area contributed by atoms with E-state index in [4.69, 9.17) is 0 Å². The summed E-state index contributed by atoms with van der Waals surface area (Å²) >= 11 is 2.40. The molecular weight excluding hydrogens is 415 g/mol. The van der Waals surface area contributed by atoms with Crippen LogP contribution in [0.25, 0.3) is 0 Å². The molecule has 2 fully saturated rings. The molecule has 0 amide bonds. The summed E-state index contributed by atoms with van der Waals surface area (Å²) in [6, 6.07) is 0. The Kier molecular flexibility index (Phi) is 6.94. The van der Waals surface area contributed by atoms with Gasteiger partial charge in [-0.05, 0) is 65.8 Å². The molecular formula is C20H31IO3. The Morgan fingerprint density at radius 2 is 2.25 bits per heavy atom. The van der Waals surface area contributed by atoms with E-state index in [-0.39, 0.29) is 0 Å². The Morgan fingerprint density at radius 3 is 2.88 bits per heavy atom. The summed E-state index contributed by atoms with van der Waals surface area (Å²) in [6.07, 6.45) is 6.89. The predicted molar refractivity (Wildman–Crippen MR) is 106 cm³/mol. The van der Waals surface area contributed by atoms with Crippen molar-refractivity contribution in [3.63, 3.8) is 0 Å². The number of hydrogen-bond acceptors (Lipinski definition) is 3. The van der Waals surface area contributed by atoms with Crippen LogP contribution in [-0.2, 0) is 9.53 Å². The fourth-order valence-electron chi connectivity index (χ4n) is 5.33. The van der Waals surface area contributed by atoms with Gasteiger partial charge in [0.05, 0.1) is 13.2 Å². The Labute approximate surface area is 160 Å². The first-order valence-electron chi connectivity index (χ1n) is 9.06. The maximum Gasteiger partial charge on any atom is 0.333 e. The monoisotopic (exact) mass is 446 g/mol. The third-order valence-corrected chi connectivity index (χ3v) is 7.26. The van der Waals surface area contributed by atoms with E-state index in [1.165, 1.54) is 39.2 Å². The average Bonchev–Trinajstić information content (AvgIpc) is 2.90. The van der Waals surface area contributed by atoms with E-state index < -0.39 is 12.1 Å². The summed E-state index contributed by atoms with van der Waals surface area (Å²) < 4.78 is 6.98. The highest BCUT2D eigenvalue weighted by Crippen LogP contribution is 2.60.